The van der Waals surface area contributed by atoms with Gasteiger partial charge in [0.1, 0.15) is 12.7 Å². The van der Waals surface area contributed by atoms with Crippen LogP contribution in [0, 0.1) is 0 Å². The van der Waals surface area contributed by atoms with Crippen molar-refractivity contribution in [3.63, 3.8) is 0 Å². The summed E-state index contributed by atoms with van der Waals surface area (Å²) in [6.07, 6.45) is -0.972. The lowest BCUT2D eigenvalue weighted by Crippen LogP contribution is -2.39. The summed E-state index contributed by atoms with van der Waals surface area (Å²) in [6.45, 7) is 3.68. The standard InChI is InChI=1S/C11H23N2O7P/c1-9(14)19-7-11(20-10(2)15)6-13(3)5-4-12-8-21(16,17)18/h11-12H,4-8H2,1-3H3,(H2,16,17,18). The Kier molecular flexibility index (Phi) is 9.39. The molecular weight excluding hydrogens is 303 g/mol. The third-order valence-corrected chi connectivity index (χ3v) is 2.94. The van der Waals surface area contributed by atoms with Crippen LogP contribution in [0.5, 0.6) is 0 Å². The highest BCUT2D eigenvalue weighted by atomic mass is 31.2. The molecule has 0 radical (unpaired) electrons. The molecule has 0 aromatic rings. The van der Waals surface area contributed by atoms with Crippen LogP contribution in [0.4, 0.5) is 0 Å². The molecule has 0 aromatic heterocycles. The fourth-order valence-electron chi connectivity index (χ4n) is 1.50. The monoisotopic (exact) mass is 326 g/mol. The summed E-state index contributed by atoms with van der Waals surface area (Å²) >= 11 is 0. The van der Waals surface area contributed by atoms with Crippen LogP contribution >= 0.6 is 7.60 Å². The lowest BCUT2D eigenvalue weighted by molar-refractivity contribution is -0.157. The van der Waals surface area contributed by atoms with Crippen molar-refractivity contribution in [3.8, 4) is 0 Å². The molecule has 0 spiro atoms. The Hall–Kier alpha value is -0.990. The van der Waals surface area contributed by atoms with Gasteiger partial charge in [-0.1, -0.05) is 0 Å². The Morgan fingerprint density at radius 2 is 1.90 bits per heavy atom. The van der Waals surface area contributed by atoms with Crippen LogP contribution < -0.4 is 5.32 Å². The summed E-state index contributed by atoms with van der Waals surface area (Å²) in [4.78, 5) is 40.9. The van der Waals surface area contributed by atoms with Gasteiger partial charge in [-0.2, -0.15) is 0 Å². The summed E-state index contributed by atoms with van der Waals surface area (Å²) in [7, 11) is -2.30. The van der Waals surface area contributed by atoms with Crippen LogP contribution in [0.1, 0.15) is 13.8 Å². The molecule has 3 N–H and O–H groups in total. The van der Waals surface area contributed by atoms with Gasteiger partial charge in [-0.05, 0) is 7.05 Å². The van der Waals surface area contributed by atoms with Crippen molar-refractivity contribution in [1.82, 2.24) is 10.2 Å². The van der Waals surface area contributed by atoms with E-state index < -0.39 is 25.6 Å². The van der Waals surface area contributed by atoms with Crippen molar-refractivity contribution >= 4 is 19.5 Å². The number of rotatable bonds is 10. The Morgan fingerprint density at radius 3 is 2.38 bits per heavy atom. The van der Waals surface area contributed by atoms with E-state index in [1.807, 2.05) is 0 Å². The minimum absolute atomic E-state index is 0.0326. The molecule has 9 nitrogen and oxygen atoms in total. The molecule has 10 heteroatoms. The molecule has 0 saturated carbocycles. The summed E-state index contributed by atoms with van der Waals surface area (Å²) in [6, 6.07) is 0. The van der Waals surface area contributed by atoms with Crippen LogP contribution in [0.3, 0.4) is 0 Å². The molecule has 0 heterocycles. The highest BCUT2D eigenvalue weighted by molar-refractivity contribution is 7.51. The van der Waals surface area contributed by atoms with Crippen molar-refractivity contribution < 1.29 is 33.4 Å². The van der Waals surface area contributed by atoms with Crippen molar-refractivity contribution in [2.75, 3.05) is 39.6 Å². The van der Waals surface area contributed by atoms with Crippen LogP contribution in [0.2, 0.25) is 0 Å². The lowest BCUT2D eigenvalue weighted by atomic mass is 10.3. The maximum Gasteiger partial charge on any atom is 0.339 e. The Labute approximate surface area is 123 Å². The maximum absolute atomic E-state index is 11.0. The third-order valence-electron chi connectivity index (χ3n) is 2.31. The fraction of sp³-hybridized carbons (Fsp3) is 0.818. The second-order valence-electron chi connectivity index (χ2n) is 4.62. The van der Waals surface area contributed by atoms with Gasteiger partial charge in [-0.15, -0.1) is 0 Å². The molecule has 0 amide bonds. The first kappa shape index (κ1) is 20.0. The number of nitrogens with one attached hydrogen (secondary N) is 1. The summed E-state index contributed by atoms with van der Waals surface area (Å²) < 4.78 is 20.5. The van der Waals surface area contributed by atoms with E-state index in [-0.39, 0.29) is 12.9 Å². The average Bonchev–Trinajstić information content (AvgIpc) is 2.30. The van der Waals surface area contributed by atoms with Gasteiger partial charge in [-0.25, -0.2) is 0 Å². The zero-order chi connectivity index (χ0) is 16.5. The van der Waals surface area contributed by atoms with Gasteiger partial charge in [0.05, 0.1) is 6.29 Å². The van der Waals surface area contributed by atoms with Crippen LogP contribution in [0.25, 0.3) is 0 Å². The Morgan fingerprint density at radius 1 is 1.29 bits per heavy atom. The minimum atomic E-state index is -4.05. The highest BCUT2D eigenvalue weighted by Gasteiger charge is 2.17. The molecule has 1 atom stereocenters. The number of carbonyl (C=O) groups excluding carboxylic acids is 2. The van der Waals surface area contributed by atoms with Crippen LogP contribution in [-0.4, -0.2) is 72.3 Å². The number of hydrogen-bond donors (Lipinski definition) is 3. The minimum Gasteiger partial charge on any atom is -0.462 e. The number of likely N-dealkylation sites (N-methyl/N-ethyl adjacent to an activating group) is 1. The maximum atomic E-state index is 11.0. The van der Waals surface area contributed by atoms with Gasteiger partial charge < -0.3 is 29.5 Å². The van der Waals surface area contributed by atoms with E-state index in [0.29, 0.717) is 19.6 Å². The molecule has 0 aliphatic carbocycles. The van der Waals surface area contributed by atoms with Crippen molar-refractivity contribution in [1.29, 1.82) is 0 Å². The molecule has 0 aliphatic heterocycles. The fourth-order valence-corrected chi connectivity index (χ4v) is 1.95. The summed E-state index contributed by atoms with van der Waals surface area (Å²) in [5.74, 6) is -0.932. The topological polar surface area (TPSA) is 125 Å². The van der Waals surface area contributed by atoms with Gasteiger partial charge in [-0.3, -0.25) is 14.2 Å². The lowest BCUT2D eigenvalue weighted by Gasteiger charge is -2.23. The molecule has 0 saturated heterocycles. The first-order valence-corrected chi connectivity index (χ1v) is 8.14. The van der Waals surface area contributed by atoms with E-state index in [0.717, 1.165) is 0 Å². The molecule has 0 rings (SSSR count). The number of hydrogen-bond acceptors (Lipinski definition) is 7. The molecule has 0 aromatic carbocycles. The van der Waals surface area contributed by atoms with Crippen molar-refractivity contribution in [3.05, 3.63) is 0 Å². The second-order valence-corrected chi connectivity index (χ2v) is 6.26. The van der Waals surface area contributed by atoms with Gasteiger partial charge in [0.15, 0.2) is 0 Å². The SMILES string of the molecule is CC(=O)OCC(CN(C)CCNCP(=O)(O)O)OC(C)=O. The number of nitrogens with zero attached hydrogens (tertiary/aromatic N) is 1. The zero-order valence-corrected chi connectivity index (χ0v) is 13.3. The second kappa shape index (κ2) is 9.86. The normalized spacial score (nSPS) is 13.0. The van der Waals surface area contributed by atoms with E-state index in [1.165, 1.54) is 13.8 Å². The summed E-state index contributed by atoms with van der Waals surface area (Å²) in [5.41, 5.74) is 0. The highest BCUT2D eigenvalue weighted by Crippen LogP contribution is 2.31. The van der Waals surface area contributed by atoms with E-state index >= 15 is 0 Å². The molecule has 0 aliphatic rings. The van der Waals surface area contributed by atoms with Gasteiger partial charge >= 0.3 is 19.5 Å². The number of carbonyl (C=O) groups is 2. The van der Waals surface area contributed by atoms with Crippen molar-refractivity contribution in [2.45, 2.75) is 20.0 Å². The third kappa shape index (κ3) is 13.7. The molecule has 1 unspecified atom stereocenters. The number of ether oxygens (including phenoxy) is 2. The largest absolute Gasteiger partial charge is 0.462 e. The van der Waals surface area contributed by atoms with E-state index in [9.17, 15) is 14.2 Å². The van der Waals surface area contributed by atoms with Crippen LogP contribution in [-0.2, 0) is 23.6 Å². The predicted octanol–water partition coefficient (Wildman–Crippen LogP) is -0.862. The Bertz CT molecular complexity index is 385. The average molecular weight is 326 g/mol. The molecule has 0 bridgehead atoms. The zero-order valence-electron chi connectivity index (χ0n) is 12.4. The van der Waals surface area contributed by atoms with E-state index in [1.54, 1.807) is 11.9 Å². The molecule has 0 fully saturated rings. The smallest absolute Gasteiger partial charge is 0.339 e. The first-order valence-electron chi connectivity index (χ1n) is 6.34. The molecular formula is C11H23N2O7P. The summed E-state index contributed by atoms with van der Waals surface area (Å²) in [5, 5.41) is 2.62. The van der Waals surface area contributed by atoms with Crippen molar-refractivity contribution in [2.24, 2.45) is 0 Å². The van der Waals surface area contributed by atoms with E-state index in [4.69, 9.17) is 19.3 Å². The van der Waals surface area contributed by atoms with Crippen LogP contribution in [0.15, 0.2) is 0 Å². The van der Waals surface area contributed by atoms with Gasteiger partial charge in [0.2, 0.25) is 0 Å². The quantitative estimate of drug-likeness (QED) is 0.267. The predicted molar refractivity (Wildman–Crippen MR) is 74.6 cm³/mol. The van der Waals surface area contributed by atoms with Gasteiger partial charge in [0, 0.05) is 33.5 Å². The Balaban J connectivity index is 4.08. The number of esters is 2. The van der Waals surface area contributed by atoms with E-state index in [2.05, 4.69) is 5.32 Å². The molecule has 21 heavy (non-hydrogen) atoms. The first-order chi connectivity index (χ1) is 9.60. The molecule has 124 valence electrons. The van der Waals surface area contributed by atoms with Gasteiger partial charge in [0.25, 0.3) is 0 Å².